The summed E-state index contributed by atoms with van der Waals surface area (Å²) in [5.74, 6) is 0.665. The normalized spacial score (nSPS) is 29.1. The minimum Gasteiger partial charge on any atom is -0.330 e. The van der Waals surface area contributed by atoms with E-state index in [4.69, 9.17) is 5.73 Å². The molecule has 1 aliphatic heterocycles. The maximum Gasteiger partial charge on any atom is 0.241 e. The van der Waals surface area contributed by atoms with E-state index in [-0.39, 0.29) is 11.9 Å². The summed E-state index contributed by atoms with van der Waals surface area (Å²) in [6.45, 7) is 0.726. The van der Waals surface area contributed by atoms with Crippen LogP contribution in [0.15, 0.2) is 24.3 Å². The molecule has 0 spiro atoms. The first-order valence-electron chi connectivity index (χ1n) is 8.01. The molecule has 1 aromatic carbocycles. The molecule has 0 bridgehead atoms. The van der Waals surface area contributed by atoms with Gasteiger partial charge in [-0.1, -0.05) is 24.6 Å². The molecule has 1 aromatic rings. The Morgan fingerprint density at radius 2 is 2.10 bits per heavy atom. The van der Waals surface area contributed by atoms with Crippen molar-refractivity contribution in [1.29, 1.82) is 0 Å². The molecular formula is C17H25N3O. The largest absolute Gasteiger partial charge is 0.330 e. The molecule has 114 valence electrons. The third kappa shape index (κ3) is 2.83. The van der Waals surface area contributed by atoms with Crippen LogP contribution >= 0.6 is 0 Å². The molecule has 4 nitrogen and oxygen atoms in total. The lowest BCUT2D eigenvalue weighted by molar-refractivity contribution is -0.122. The van der Waals surface area contributed by atoms with Crippen molar-refractivity contribution in [2.45, 2.75) is 44.2 Å². The van der Waals surface area contributed by atoms with E-state index in [0.29, 0.717) is 12.0 Å². The second-order valence-electron chi connectivity index (χ2n) is 6.36. The Kier molecular flexibility index (Phi) is 4.27. The van der Waals surface area contributed by atoms with E-state index in [1.165, 1.54) is 18.4 Å². The monoisotopic (exact) mass is 287 g/mol. The van der Waals surface area contributed by atoms with Crippen LogP contribution in [0.1, 0.15) is 31.2 Å². The van der Waals surface area contributed by atoms with Crippen LogP contribution in [-0.2, 0) is 11.2 Å². The van der Waals surface area contributed by atoms with Gasteiger partial charge in [-0.25, -0.2) is 0 Å². The quantitative estimate of drug-likeness (QED) is 0.894. The van der Waals surface area contributed by atoms with E-state index in [2.05, 4.69) is 23.3 Å². The van der Waals surface area contributed by atoms with Crippen molar-refractivity contribution in [2.24, 2.45) is 11.7 Å². The fraction of sp³-hybridized carbons (Fsp3) is 0.588. The highest BCUT2D eigenvalue weighted by Gasteiger charge is 2.36. The minimum atomic E-state index is -0.0467. The number of para-hydroxylation sites is 1. The summed E-state index contributed by atoms with van der Waals surface area (Å²) in [7, 11) is 2.10. The highest BCUT2D eigenvalue weighted by Crippen LogP contribution is 2.32. The number of amides is 1. The van der Waals surface area contributed by atoms with Crippen molar-refractivity contribution in [1.82, 2.24) is 4.90 Å². The topological polar surface area (TPSA) is 58.4 Å². The van der Waals surface area contributed by atoms with Gasteiger partial charge in [-0.2, -0.15) is 0 Å². The number of anilines is 1. The summed E-state index contributed by atoms with van der Waals surface area (Å²) in [5, 5.41) is 3.10. The van der Waals surface area contributed by atoms with E-state index < -0.39 is 0 Å². The molecule has 0 aromatic heterocycles. The number of benzene rings is 1. The molecule has 4 heteroatoms. The van der Waals surface area contributed by atoms with Crippen LogP contribution in [-0.4, -0.2) is 36.5 Å². The van der Waals surface area contributed by atoms with Crippen molar-refractivity contribution in [3.05, 3.63) is 29.8 Å². The molecular weight excluding hydrogens is 262 g/mol. The Morgan fingerprint density at radius 3 is 2.90 bits per heavy atom. The zero-order valence-corrected chi connectivity index (χ0v) is 12.7. The number of hydrogen-bond acceptors (Lipinski definition) is 3. The van der Waals surface area contributed by atoms with Gasteiger partial charge in [-0.15, -0.1) is 0 Å². The lowest BCUT2D eigenvalue weighted by Crippen LogP contribution is -2.49. The van der Waals surface area contributed by atoms with Crippen molar-refractivity contribution in [2.75, 3.05) is 18.9 Å². The zero-order chi connectivity index (χ0) is 14.8. The number of hydrogen-bond donors (Lipinski definition) is 2. The number of likely N-dealkylation sites (N-methyl/N-ethyl adjacent to an activating group) is 1. The fourth-order valence-electron chi connectivity index (χ4n) is 3.95. The van der Waals surface area contributed by atoms with Gasteiger partial charge in [-0.05, 0) is 56.8 Å². The number of nitrogens with two attached hydrogens (primary N) is 1. The molecule has 2 aliphatic rings. The number of carbonyl (C=O) groups excluding carboxylic acids is 1. The molecule has 21 heavy (non-hydrogen) atoms. The van der Waals surface area contributed by atoms with Gasteiger partial charge in [0.05, 0.1) is 6.04 Å². The second kappa shape index (κ2) is 6.16. The number of aryl methyl sites for hydroxylation is 1. The van der Waals surface area contributed by atoms with E-state index in [1.807, 2.05) is 18.2 Å². The van der Waals surface area contributed by atoms with Crippen LogP contribution in [0.4, 0.5) is 5.69 Å². The van der Waals surface area contributed by atoms with Gasteiger partial charge in [0.2, 0.25) is 5.91 Å². The first-order chi connectivity index (χ1) is 10.2. The summed E-state index contributed by atoms with van der Waals surface area (Å²) < 4.78 is 0. The molecule has 3 N–H and O–H groups in total. The van der Waals surface area contributed by atoms with Gasteiger partial charge in [0.15, 0.2) is 0 Å². The predicted molar refractivity (Wildman–Crippen MR) is 85.1 cm³/mol. The number of nitrogens with zero attached hydrogens (tertiary/aromatic N) is 1. The molecule has 1 aliphatic carbocycles. The summed E-state index contributed by atoms with van der Waals surface area (Å²) in [5.41, 5.74) is 8.11. The van der Waals surface area contributed by atoms with Gasteiger partial charge in [0.1, 0.15) is 0 Å². The van der Waals surface area contributed by atoms with Gasteiger partial charge < -0.3 is 11.1 Å². The maximum atomic E-state index is 12.6. The number of carbonyl (C=O) groups is 1. The molecule has 0 radical (unpaired) electrons. The highest BCUT2D eigenvalue weighted by molar-refractivity contribution is 5.96. The van der Waals surface area contributed by atoms with Crippen molar-refractivity contribution in [3.63, 3.8) is 0 Å². The van der Waals surface area contributed by atoms with E-state index in [0.717, 1.165) is 31.5 Å². The van der Waals surface area contributed by atoms with Gasteiger partial charge in [0.25, 0.3) is 0 Å². The van der Waals surface area contributed by atoms with Gasteiger partial charge in [-0.3, -0.25) is 9.69 Å². The molecule has 3 atom stereocenters. The average Bonchev–Trinajstić information content (AvgIpc) is 2.90. The van der Waals surface area contributed by atoms with Crippen molar-refractivity contribution >= 4 is 11.6 Å². The Balaban J connectivity index is 1.76. The lowest BCUT2D eigenvalue weighted by atomic mass is 9.98. The van der Waals surface area contributed by atoms with Crippen LogP contribution in [0.25, 0.3) is 0 Å². The Hall–Kier alpha value is -1.39. The van der Waals surface area contributed by atoms with Crippen LogP contribution in [0, 0.1) is 5.92 Å². The third-order valence-electron chi connectivity index (χ3n) is 5.20. The standard InChI is InChI=1S/C17H25N3O/c1-20(15-8-4-6-13(15)11-18)16-10-9-12-5-2-3-7-14(12)19-17(16)21/h2-3,5,7,13,15-16H,4,6,8-11,18H2,1H3,(H,19,21). The first kappa shape index (κ1) is 14.5. The summed E-state index contributed by atoms with van der Waals surface area (Å²) >= 11 is 0. The molecule has 1 amide bonds. The number of nitrogens with one attached hydrogen (secondary N) is 1. The van der Waals surface area contributed by atoms with Crippen molar-refractivity contribution < 1.29 is 4.79 Å². The Morgan fingerprint density at radius 1 is 1.29 bits per heavy atom. The van der Waals surface area contributed by atoms with E-state index >= 15 is 0 Å². The first-order valence-corrected chi connectivity index (χ1v) is 8.01. The minimum absolute atomic E-state index is 0.0467. The molecule has 0 saturated heterocycles. The summed E-state index contributed by atoms with van der Waals surface area (Å²) in [6, 6.07) is 8.52. The van der Waals surface area contributed by atoms with Crippen LogP contribution in [0.2, 0.25) is 0 Å². The van der Waals surface area contributed by atoms with Crippen LogP contribution < -0.4 is 11.1 Å². The Labute approximate surface area is 126 Å². The molecule has 1 saturated carbocycles. The van der Waals surface area contributed by atoms with Gasteiger partial charge in [0, 0.05) is 11.7 Å². The second-order valence-corrected chi connectivity index (χ2v) is 6.36. The molecule has 1 heterocycles. The molecule has 3 rings (SSSR count). The van der Waals surface area contributed by atoms with E-state index in [1.54, 1.807) is 0 Å². The van der Waals surface area contributed by atoms with Crippen LogP contribution in [0.3, 0.4) is 0 Å². The average molecular weight is 287 g/mol. The van der Waals surface area contributed by atoms with Crippen LogP contribution in [0.5, 0.6) is 0 Å². The smallest absolute Gasteiger partial charge is 0.241 e. The molecule has 1 fully saturated rings. The number of fused-ring (bicyclic) bond motifs is 1. The van der Waals surface area contributed by atoms with Gasteiger partial charge >= 0.3 is 0 Å². The van der Waals surface area contributed by atoms with Crippen molar-refractivity contribution in [3.8, 4) is 0 Å². The maximum absolute atomic E-state index is 12.6. The summed E-state index contributed by atoms with van der Waals surface area (Å²) in [6.07, 6.45) is 5.41. The predicted octanol–water partition coefficient (Wildman–Crippen LogP) is 2.00. The zero-order valence-electron chi connectivity index (χ0n) is 12.7. The fourth-order valence-corrected chi connectivity index (χ4v) is 3.95. The number of rotatable bonds is 3. The Bertz CT molecular complexity index is 517. The SMILES string of the molecule is CN(C1CCc2ccccc2NC1=O)C1CCCC1CN. The third-order valence-corrected chi connectivity index (χ3v) is 5.20. The molecule has 3 unspecified atom stereocenters. The lowest BCUT2D eigenvalue weighted by Gasteiger charge is -2.34. The summed E-state index contributed by atoms with van der Waals surface area (Å²) in [4.78, 5) is 14.9. The highest BCUT2D eigenvalue weighted by atomic mass is 16.2. The van der Waals surface area contributed by atoms with E-state index in [9.17, 15) is 4.79 Å².